The van der Waals surface area contributed by atoms with E-state index < -0.39 is 0 Å². The number of H-pyrrole nitrogens is 1. The first-order valence-corrected chi connectivity index (χ1v) is 10.5. The van der Waals surface area contributed by atoms with Crippen molar-refractivity contribution in [3.05, 3.63) is 47.5 Å². The Kier molecular flexibility index (Phi) is 5.39. The summed E-state index contributed by atoms with van der Waals surface area (Å²) in [7, 11) is 0. The summed E-state index contributed by atoms with van der Waals surface area (Å²) in [5.41, 5.74) is 0.294. The number of carbonyl (C=O) groups is 2. The third-order valence-corrected chi connectivity index (χ3v) is 6.32. The van der Waals surface area contributed by atoms with Crippen molar-refractivity contribution < 1.29 is 9.59 Å². The Hall–Kier alpha value is -2.70. The molecule has 1 saturated heterocycles. The van der Waals surface area contributed by atoms with Gasteiger partial charge in [-0.25, -0.2) is 4.98 Å². The second kappa shape index (κ2) is 7.97. The Labute approximate surface area is 171 Å². The van der Waals surface area contributed by atoms with Gasteiger partial charge >= 0.3 is 0 Å². The lowest BCUT2D eigenvalue weighted by Gasteiger charge is -2.37. The minimum atomic E-state index is -0.333. The SMILES string of the molecule is Cc1nc([C@@H]2C[C@H](NC(=O)c3ccccc3)CN2C(=O)C2(C)CCCCC2)n[nH]1. The minimum Gasteiger partial charge on any atom is -0.347 e. The number of likely N-dealkylation sites (tertiary alicyclic amines) is 1. The van der Waals surface area contributed by atoms with Crippen molar-refractivity contribution in [3.63, 3.8) is 0 Å². The van der Waals surface area contributed by atoms with Crippen LogP contribution >= 0.6 is 0 Å². The second-order valence-corrected chi connectivity index (χ2v) is 8.65. The van der Waals surface area contributed by atoms with E-state index >= 15 is 0 Å². The van der Waals surface area contributed by atoms with Crippen molar-refractivity contribution in [1.82, 2.24) is 25.4 Å². The lowest BCUT2D eigenvalue weighted by atomic mass is 9.74. The van der Waals surface area contributed by atoms with E-state index in [4.69, 9.17) is 0 Å². The van der Waals surface area contributed by atoms with Gasteiger partial charge in [0.2, 0.25) is 5.91 Å². The van der Waals surface area contributed by atoms with Gasteiger partial charge in [-0.2, -0.15) is 5.10 Å². The molecule has 7 heteroatoms. The van der Waals surface area contributed by atoms with Gasteiger partial charge in [0.25, 0.3) is 5.91 Å². The van der Waals surface area contributed by atoms with E-state index in [0.717, 1.165) is 31.5 Å². The minimum absolute atomic E-state index is 0.112. The molecule has 2 amide bonds. The molecule has 1 aromatic heterocycles. The molecule has 7 nitrogen and oxygen atoms in total. The van der Waals surface area contributed by atoms with Crippen LogP contribution in [0, 0.1) is 12.3 Å². The van der Waals surface area contributed by atoms with Crippen molar-refractivity contribution in [2.24, 2.45) is 5.41 Å². The first-order valence-electron chi connectivity index (χ1n) is 10.5. The highest BCUT2D eigenvalue weighted by Gasteiger charge is 2.45. The summed E-state index contributed by atoms with van der Waals surface area (Å²) in [5, 5.41) is 10.3. The number of benzene rings is 1. The summed E-state index contributed by atoms with van der Waals surface area (Å²) in [4.78, 5) is 32.6. The fraction of sp³-hybridized carbons (Fsp3) is 0.545. The molecule has 0 spiro atoms. The molecule has 2 N–H and O–H groups in total. The third-order valence-electron chi connectivity index (χ3n) is 6.32. The largest absolute Gasteiger partial charge is 0.347 e. The zero-order valence-electron chi connectivity index (χ0n) is 17.1. The van der Waals surface area contributed by atoms with E-state index in [1.165, 1.54) is 6.42 Å². The van der Waals surface area contributed by atoms with Gasteiger partial charge in [-0.1, -0.05) is 44.4 Å². The van der Waals surface area contributed by atoms with E-state index in [9.17, 15) is 9.59 Å². The maximum Gasteiger partial charge on any atom is 0.251 e. The summed E-state index contributed by atoms with van der Waals surface area (Å²) >= 11 is 0. The van der Waals surface area contributed by atoms with Gasteiger partial charge in [0.15, 0.2) is 5.82 Å². The van der Waals surface area contributed by atoms with Crippen LogP contribution in [0.2, 0.25) is 0 Å². The molecule has 29 heavy (non-hydrogen) atoms. The van der Waals surface area contributed by atoms with Crippen LogP contribution in [0.15, 0.2) is 30.3 Å². The van der Waals surface area contributed by atoms with Crippen LogP contribution in [0.3, 0.4) is 0 Å². The van der Waals surface area contributed by atoms with Crippen molar-refractivity contribution in [3.8, 4) is 0 Å². The molecule has 4 rings (SSSR count). The number of hydrogen-bond donors (Lipinski definition) is 2. The molecule has 1 aliphatic carbocycles. The number of nitrogens with one attached hydrogen (secondary N) is 2. The Morgan fingerprint density at radius 3 is 2.55 bits per heavy atom. The van der Waals surface area contributed by atoms with Crippen LogP contribution < -0.4 is 5.32 Å². The average Bonchev–Trinajstić information content (AvgIpc) is 3.34. The highest BCUT2D eigenvalue weighted by Crippen LogP contribution is 2.41. The molecule has 2 fully saturated rings. The van der Waals surface area contributed by atoms with E-state index in [-0.39, 0.29) is 29.3 Å². The van der Waals surface area contributed by atoms with Crippen LogP contribution in [0.5, 0.6) is 0 Å². The molecule has 0 unspecified atom stereocenters. The topological polar surface area (TPSA) is 91.0 Å². The number of nitrogens with zero attached hydrogens (tertiary/aromatic N) is 3. The smallest absolute Gasteiger partial charge is 0.251 e. The Morgan fingerprint density at radius 2 is 1.90 bits per heavy atom. The predicted octanol–water partition coefficient (Wildman–Crippen LogP) is 3.16. The Balaban J connectivity index is 1.54. The highest BCUT2D eigenvalue weighted by molar-refractivity contribution is 5.94. The lowest BCUT2D eigenvalue weighted by molar-refractivity contribution is -0.144. The van der Waals surface area contributed by atoms with Crippen molar-refractivity contribution >= 4 is 11.8 Å². The van der Waals surface area contributed by atoms with Gasteiger partial charge in [-0.3, -0.25) is 14.7 Å². The van der Waals surface area contributed by atoms with Crippen molar-refractivity contribution in [2.45, 2.75) is 64.5 Å². The molecular weight excluding hydrogens is 366 g/mol. The molecule has 1 saturated carbocycles. The summed E-state index contributed by atoms with van der Waals surface area (Å²) in [6.45, 7) is 4.44. The summed E-state index contributed by atoms with van der Waals surface area (Å²) < 4.78 is 0. The van der Waals surface area contributed by atoms with E-state index in [1.54, 1.807) is 12.1 Å². The maximum atomic E-state index is 13.6. The van der Waals surface area contributed by atoms with Gasteiger partial charge in [0.05, 0.1) is 6.04 Å². The quantitative estimate of drug-likeness (QED) is 0.832. The van der Waals surface area contributed by atoms with Crippen LogP contribution in [0.1, 0.15) is 73.5 Å². The molecule has 2 aromatic rings. The summed E-state index contributed by atoms with van der Waals surface area (Å²) in [6, 6.07) is 8.85. The number of carbonyl (C=O) groups excluding carboxylic acids is 2. The Morgan fingerprint density at radius 1 is 1.17 bits per heavy atom. The Bertz CT molecular complexity index is 872. The maximum absolute atomic E-state index is 13.6. The molecular formula is C22H29N5O2. The van der Waals surface area contributed by atoms with Crippen LogP contribution in [-0.2, 0) is 4.79 Å². The fourth-order valence-corrected chi connectivity index (χ4v) is 4.67. The van der Waals surface area contributed by atoms with Gasteiger partial charge in [0.1, 0.15) is 5.82 Å². The average molecular weight is 396 g/mol. The third kappa shape index (κ3) is 4.04. The monoisotopic (exact) mass is 395 g/mol. The molecule has 2 atom stereocenters. The van der Waals surface area contributed by atoms with E-state index in [0.29, 0.717) is 24.4 Å². The van der Waals surface area contributed by atoms with Crippen LogP contribution in [0.25, 0.3) is 0 Å². The number of rotatable bonds is 4. The summed E-state index contributed by atoms with van der Waals surface area (Å²) in [6.07, 6.45) is 5.84. The molecule has 2 heterocycles. The molecule has 2 aliphatic rings. The van der Waals surface area contributed by atoms with E-state index in [2.05, 4.69) is 27.4 Å². The molecule has 1 aliphatic heterocycles. The number of amides is 2. The second-order valence-electron chi connectivity index (χ2n) is 8.65. The number of aromatic amines is 1. The first kappa shape index (κ1) is 19.6. The number of aromatic nitrogens is 3. The number of aryl methyl sites for hydroxylation is 1. The zero-order chi connectivity index (χ0) is 20.4. The van der Waals surface area contributed by atoms with Gasteiger partial charge in [0, 0.05) is 23.6 Å². The fourth-order valence-electron chi connectivity index (χ4n) is 4.67. The van der Waals surface area contributed by atoms with Crippen molar-refractivity contribution in [2.75, 3.05) is 6.54 Å². The lowest BCUT2D eigenvalue weighted by Crippen LogP contribution is -2.45. The normalized spacial score (nSPS) is 23.7. The molecule has 154 valence electrons. The summed E-state index contributed by atoms with van der Waals surface area (Å²) in [5.74, 6) is 1.42. The number of hydrogen-bond acceptors (Lipinski definition) is 4. The van der Waals surface area contributed by atoms with Crippen LogP contribution in [-0.4, -0.2) is 44.5 Å². The van der Waals surface area contributed by atoms with Gasteiger partial charge < -0.3 is 10.2 Å². The van der Waals surface area contributed by atoms with E-state index in [1.807, 2.05) is 30.0 Å². The molecule has 1 aromatic carbocycles. The van der Waals surface area contributed by atoms with Gasteiger partial charge in [-0.15, -0.1) is 0 Å². The van der Waals surface area contributed by atoms with Crippen molar-refractivity contribution in [1.29, 1.82) is 0 Å². The zero-order valence-corrected chi connectivity index (χ0v) is 17.1. The predicted molar refractivity (Wildman–Crippen MR) is 109 cm³/mol. The molecule has 0 bridgehead atoms. The standard InChI is InChI=1S/C22H29N5O2/c1-15-23-19(26-25-15)18-13-17(24-20(28)16-9-5-3-6-10-16)14-27(18)21(29)22(2)11-7-4-8-12-22/h3,5-6,9-10,17-18H,4,7-8,11-14H2,1-2H3,(H,24,28)(H,23,25,26)/t17-,18-/m0/s1. The van der Waals surface area contributed by atoms with Gasteiger partial charge in [-0.05, 0) is 38.3 Å². The molecule has 0 radical (unpaired) electrons. The van der Waals surface area contributed by atoms with Crippen LogP contribution in [0.4, 0.5) is 0 Å². The highest BCUT2D eigenvalue weighted by atomic mass is 16.2. The first-order chi connectivity index (χ1) is 14.0.